The van der Waals surface area contributed by atoms with Crippen LogP contribution in [0.25, 0.3) is 0 Å². The third kappa shape index (κ3) is 2.68. The maximum Gasteiger partial charge on any atom is 0.0723 e. The summed E-state index contributed by atoms with van der Waals surface area (Å²) in [6.07, 6.45) is 1.38. The van der Waals surface area contributed by atoms with Gasteiger partial charge in [0.25, 0.3) is 0 Å². The number of benzene rings is 1. The Labute approximate surface area is 110 Å². The zero-order valence-electron chi connectivity index (χ0n) is 11.6. The van der Waals surface area contributed by atoms with Crippen molar-refractivity contribution in [2.24, 2.45) is 5.73 Å². The number of morpholine rings is 1. The predicted molar refractivity (Wildman–Crippen MR) is 75.9 cm³/mol. The van der Waals surface area contributed by atoms with Crippen molar-refractivity contribution >= 4 is 5.69 Å². The number of ether oxygens (including phenoxy) is 1. The lowest BCUT2D eigenvalue weighted by molar-refractivity contribution is 0.0299. The molecule has 3 heteroatoms. The molecule has 0 spiro atoms. The number of para-hydroxylation sites is 1. The van der Waals surface area contributed by atoms with E-state index in [1.807, 2.05) is 6.92 Å². The second kappa shape index (κ2) is 5.72. The zero-order valence-corrected chi connectivity index (χ0v) is 11.6. The lowest BCUT2D eigenvalue weighted by Crippen LogP contribution is -2.49. The molecule has 0 radical (unpaired) electrons. The smallest absolute Gasteiger partial charge is 0.0723 e. The number of anilines is 1. The van der Waals surface area contributed by atoms with Gasteiger partial charge in [-0.15, -0.1) is 0 Å². The first kappa shape index (κ1) is 13.4. The summed E-state index contributed by atoms with van der Waals surface area (Å²) >= 11 is 0. The van der Waals surface area contributed by atoms with Crippen LogP contribution in [0.4, 0.5) is 5.69 Å². The highest BCUT2D eigenvalue weighted by molar-refractivity contribution is 5.56. The van der Waals surface area contributed by atoms with Gasteiger partial charge >= 0.3 is 0 Å². The molecular formula is C15H24N2O. The largest absolute Gasteiger partial charge is 0.375 e. The fourth-order valence-corrected chi connectivity index (χ4v) is 2.61. The van der Waals surface area contributed by atoms with Crippen LogP contribution < -0.4 is 10.6 Å². The van der Waals surface area contributed by atoms with Gasteiger partial charge in [-0.25, -0.2) is 0 Å². The molecule has 1 fully saturated rings. The fourth-order valence-electron chi connectivity index (χ4n) is 2.61. The first-order chi connectivity index (χ1) is 8.63. The fraction of sp³-hybridized carbons (Fsp3) is 0.600. The summed E-state index contributed by atoms with van der Waals surface area (Å²) in [5.41, 5.74) is 8.58. The first-order valence-electron chi connectivity index (χ1n) is 6.86. The Balaban J connectivity index is 2.33. The number of nitrogens with two attached hydrogens (primary N) is 1. The van der Waals surface area contributed by atoms with Crippen LogP contribution in [0.2, 0.25) is 0 Å². The molecule has 2 unspecified atom stereocenters. The molecular weight excluding hydrogens is 224 g/mol. The minimum Gasteiger partial charge on any atom is -0.375 e. The quantitative estimate of drug-likeness (QED) is 0.894. The Morgan fingerprint density at radius 1 is 1.44 bits per heavy atom. The normalized spacial score (nSPS) is 26.1. The Morgan fingerprint density at radius 3 is 2.83 bits per heavy atom. The van der Waals surface area contributed by atoms with Gasteiger partial charge in [-0.3, -0.25) is 0 Å². The summed E-state index contributed by atoms with van der Waals surface area (Å²) in [4.78, 5) is 2.47. The molecule has 0 aromatic heterocycles. The van der Waals surface area contributed by atoms with Gasteiger partial charge < -0.3 is 15.4 Å². The molecule has 1 aromatic carbocycles. The molecule has 0 saturated carbocycles. The topological polar surface area (TPSA) is 38.5 Å². The highest BCUT2D eigenvalue weighted by Crippen LogP contribution is 2.29. The molecule has 2 rings (SSSR count). The second-order valence-corrected chi connectivity index (χ2v) is 5.21. The average Bonchev–Trinajstić information content (AvgIpc) is 2.38. The van der Waals surface area contributed by atoms with Gasteiger partial charge in [-0.05, 0) is 31.9 Å². The summed E-state index contributed by atoms with van der Waals surface area (Å²) in [5, 5.41) is 0. The predicted octanol–water partition coefficient (Wildman–Crippen LogP) is 2.71. The third-order valence-electron chi connectivity index (χ3n) is 3.68. The number of rotatable bonds is 3. The van der Waals surface area contributed by atoms with E-state index in [0.717, 1.165) is 19.6 Å². The molecule has 3 nitrogen and oxygen atoms in total. The van der Waals surface area contributed by atoms with Crippen molar-refractivity contribution in [2.45, 2.75) is 45.4 Å². The molecule has 18 heavy (non-hydrogen) atoms. The van der Waals surface area contributed by atoms with Gasteiger partial charge in [0.15, 0.2) is 0 Å². The van der Waals surface area contributed by atoms with Crippen LogP contribution in [0.1, 0.15) is 38.8 Å². The van der Waals surface area contributed by atoms with E-state index < -0.39 is 0 Å². The minimum atomic E-state index is 0.0665. The molecule has 1 aliphatic heterocycles. The van der Waals surface area contributed by atoms with E-state index in [1.54, 1.807) is 0 Å². The molecule has 1 saturated heterocycles. The molecule has 2 N–H and O–H groups in total. The van der Waals surface area contributed by atoms with E-state index in [-0.39, 0.29) is 12.1 Å². The molecule has 0 aliphatic carbocycles. The SMILES string of the molecule is CCC1COC(C)CN1c1ccccc1[C@@H](C)N. The summed E-state index contributed by atoms with van der Waals surface area (Å²) in [6, 6.07) is 8.99. The summed E-state index contributed by atoms with van der Waals surface area (Å²) in [7, 11) is 0. The summed E-state index contributed by atoms with van der Waals surface area (Å²) in [6.45, 7) is 8.15. The minimum absolute atomic E-state index is 0.0665. The van der Waals surface area contributed by atoms with Crippen LogP contribution in [0.15, 0.2) is 24.3 Å². The van der Waals surface area contributed by atoms with Crippen molar-refractivity contribution in [3.8, 4) is 0 Å². The van der Waals surface area contributed by atoms with Crippen molar-refractivity contribution in [3.05, 3.63) is 29.8 Å². The van der Waals surface area contributed by atoms with E-state index in [2.05, 4.69) is 43.0 Å². The van der Waals surface area contributed by atoms with Crippen molar-refractivity contribution in [1.29, 1.82) is 0 Å². The maximum absolute atomic E-state index is 6.08. The van der Waals surface area contributed by atoms with Gasteiger partial charge in [0.05, 0.1) is 18.8 Å². The van der Waals surface area contributed by atoms with Crippen molar-refractivity contribution in [3.63, 3.8) is 0 Å². The third-order valence-corrected chi connectivity index (χ3v) is 3.68. The van der Waals surface area contributed by atoms with Gasteiger partial charge in [0, 0.05) is 18.3 Å². The maximum atomic E-state index is 6.08. The summed E-state index contributed by atoms with van der Waals surface area (Å²) in [5.74, 6) is 0. The summed E-state index contributed by atoms with van der Waals surface area (Å²) < 4.78 is 5.76. The Morgan fingerprint density at radius 2 is 2.17 bits per heavy atom. The molecule has 3 atom stereocenters. The van der Waals surface area contributed by atoms with Gasteiger partial charge in [-0.1, -0.05) is 25.1 Å². The highest BCUT2D eigenvalue weighted by atomic mass is 16.5. The molecule has 100 valence electrons. The van der Waals surface area contributed by atoms with Crippen LogP contribution in [-0.2, 0) is 4.74 Å². The Hall–Kier alpha value is -1.06. The Kier molecular flexibility index (Phi) is 4.25. The van der Waals surface area contributed by atoms with Crippen LogP contribution in [0, 0.1) is 0 Å². The van der Waals surface area contributed by atoms with Gasteiger partial charge in [0.1, 0.15) is 0 Å². The van der Waals surface area contributed by atoms with Gasteiger partial charge in [-0.2, -0.15) is 0 Å². The standard InChI is InChI=1S/C15H24N2O/c1-4-13-10-18-11(2)9-17(13)15-8-6-5-7-14(15)12(3)16/h5-8,11-13H,4,9-10,16H2,1-3H3/t11?,12-,13?/m1/s1. The highest BCUT2D eigenvalue weighted by Gasteiger charge is 2.27. The van der Waals surface area contributed by atoms with Crippen LogP contribution in [-0.4, -0.2) is 25.3 Å². The van der Waals surface area contributed by atoms with Crippen LogP contribution >= 0.6 is 0 Å². The van der Waals surface area contributed by atoms with E-state index in [4.69, 9.17) is 10.5 Å². The van der Waals surface area contributed by atoms with Crippen LogP contribution in [0.3, 0.4) is 0 Å². The zero-order chi connectivity index (χ0) is 13.1. The number of hydrogen-bond acceptors (Lipinski definition) is 3. The lowest BCUT2D eigenvalue weighted by Gasteiger charge is -2.41. The number of nitrogens with zero attached hydrogens (tertiary/aromatic N) is 1. The first-order valence-corrected chi connectivity index (χ1v) is 6.86. The van der Waals surface area contributed by atoms with Crippen LogP contribution in [0.5, 0.6) is 0 Å². The molecule has 1 heterocycles. The molecule has 0 amide bonds. The molecule has 0 bridgehead atoms. The average molecular weight is 248 g/mol. The molecule has 1 aliphatic rings. The van der Waals surface area contributed by atoms with Crippen molar-refractivity contribution in [2.75, 3.05) is 18.1 Å². The van der Waals surface area contributed by atoms with E-state index in [0.29, 0.717) is 6.04 Å². The van der Waals surface area contributed by atoms with E-state index >= 15 is 0 Å². The van der Waals surface area contributed by atoms with Gasteiger partial charge in [0.2, 0.25) is 0 Å². The Bertz CT molecular complexity index is 392. The van der Waals surface area contributed by atoms with Crippen molar-refractivity contribution in [1.82, 2.24) is 0 Å². The second-order valence-electron chi connectivity index (χ2n) is 5.21. The van der Waals surface area contributed by atoms with E-state index in [1.165, 1.54) is 11.3 Å². The van der Waals surface area contributed by atoms with E-state index in [9.17, 15) is 0 Å². The molecule has 1 aromatic rings. The monoisotopic (exact) mass is 248 g/mol. The lowest BCUT2D eigenvalue weighted by atomic mass is 10.0. The van der Waals surface area contributed by atoms with Crippen molar-refractivity contribution < 1.29 is 4.74 Å². The number of hydrogen-bond donors (Lipinski definition) is 1.